The van der Waals surface area contributed by atoms with Crippen molar-refractivity contribution in [2.24, 2.45) is 5.92 Å². The second kappa shape index (κ2) is 6.40. The fourth-order valence-corrected chi connectivity index (χ4v) is 4.57. The summed E-state index contributed by atoms with van der Waals surface area (Å²) in [6.07, 6.45) is 0.927. The first-order chi connectivity index (χ1) is 14.1. The predicted octanol–water partition coefficient (Wildman–Crippen LogP) is 2.94. The van der Waals surface area contributed by atoms with E-state index in [4.69, 9.17) is 14.2 Å². The minimum absolute atomic E-state index is 0.0865. The van der Waals surface area contributed by atoms with Crippen LogP contribution in [0.4, 0.5) is 5.69 Å². The van der Waals surface area contributed by atoms with Gasteiger partial charge in [0.05, 0.1) is 5.92 Å². The third-order valence-corrected chi connectivity index (χ3v) is 6.19. The van der Waals surface area contributed by atoms with Gasteiger partial charge >= 0.3 is 5.97 Å². The Bertz CT molecular complexity index is 1020. The number of rotatable bonds is 5. The molecule has 2 unspecified atom stereocenters. The SMILES string of the molecule is CCC(CCN1C(=O)C2(COc3cc4c(cc32)OCO4)c2ccccc21)C(=O)O. The molecule has 7 nitrogen and oxygen atoms in total. The summed E-state index contributed by atoms with van der Waals surface area (Å²) in [6.45, 7) is 2.55. The van der Waals surface area contributed by atoms with Crippen LogP contribution in [0.3, 0.4) is 0 Å². The van der Waals surface area contributed by atoms with Gasteiger partial charge in [-0.15, -0.1) is 0 Å². The Morgan fingerprint density at radius 2 is 1.90 bits per heavy atom. The van der Waals surface area contributed by atoms with E-state index in [-0.39, 0.29) is 19.3 Å². The van der Waals surface area contributed by atoms with E-state index >= 15 is 0 Å². The van der Waals surface area contributed by atoms with Crippen molar-refractivity contribution >= 4 is 17.6 Å². The summed E-state index contributed by atoms with van der Waals surface area (Å²) in [6, 6.07) is 11.3. The van der Waals surface area contributed by atoms with Crippen molar-refractivity contribution in [1.29, 1.82) is 0 Å². The van der Waals surface area contributed by atoms with Crippen LogP contribution in [0.2, 0.25) is 0 Å². The second-order valence-electron chi connectivity index (χ2n) is 7.60. The Morgan fingerprint density at radius 1 is 1.14 bits per heavy atom. The van der Waals surface area contributed by atoms with E-state index in [1.165, 1.54) is 0 Å². The number of para-hydroxylation sites is 1. The largest absolute Gasteiger partial charge is 0.491 e. The Labute approximate surface area is 167 Å². The van der Waals surface area contributed by atoms with Crippen LogP contribution < -0.4 is 19.1 Å². The maximum Gasteiger partial charge on any atom is 0.306 e. The van der Waals surface area contributed by atoms with Gasteiger partial charge in [-0.3, -0.25) is 9.59 Å². The topological polar surface area (TPSA) is 85.3 Å². The normalized spacial score (nSPS) is 21.8. The van der Waals surface area contributed by atoms with Gasteiger partial charge < -0.3 is 24.2 Å². The van der Waals surface area contributed by atoms with Gasteiger partial charge in [-0.25, -0.2) is 0 Å². The van der Waals surface area contributed by atoms with Gasteiger partial charge in [0.15, 0.2) is 11.5 Å². The molecule has 0 aromatic heterocycles. The van der Waals surface area contributed by atoms with Crippen LogP contribution in [0.1, 0.15) is 30.9 Å². The lowest BCUT2D eigenvalue weighted by Crippen LogP contribution is -2.43. The molecule has 3 aliphatic heterocycles. The van der Waals surface area contributed by atoms with Gasteiger partial charge in [-0.1, -0.05) is 25.1 Å². The zero-order valence-electron chi connectivity index (χ0n) is 16.0. The van der Waals surface area contributed by atoms with Crippen molar-refractivity contribution in [3.63, 3.8) is 0 Å². The van der Waals surface area contributed by atoms with Crippen molar-refractivity contribution in [1.82, 2.24) is 0 Å². The molecule has 0 radical (unpaired) electrons. The number of carboxylic acids is 1. The summed E-state index contributed by atoms with van der Waals surface area (Å²) >= 11 is 0. The van der Waals surface area contributed by atoms with Gasteiger partial charge in [0.1, 0.15) is 17.8 Å². The minimum Gasteiger partial charge on any atom is -0.491 e. The molecule has 7 heteroatoms. The van der Waals surface area contributed by atoms with E-state index in [1.54, 1.807) is 11.0 Å². The van der Waals surface area contributed by atoms with E-state index in [0.717, 1.165) is 16.8 Å². The summed E-state index contributed by atoms with van der Waals surface area (Å²) in [4.78, 5) is 26.9. The summed E-state index contributed by atoms with van der Waals surface area (Å²) < 4.78 is 16.9. The minimum atomic E-state index is -0.947. The Balaban J connectivity index is 1.57. The molecule has 2 aromatic rings. The van der Waals surface area contributed by atoms with Crippen LogP contribution in [0.15, 0.2) is 36.4 Å². The highest BCUT2D eigenvalue weighted by molar-refractivity contribution is 6.11. The Hall–Kier alpha value is -3.22. The lowest BCUT2D eigenvalue weighted by Gasteiger charge is -2.24. The van der Waals surface area contributed by atoms with Crippen molar-refractivity contribution in [3.05, 3.63) is 47.5 Å². The number of anilines is 1. The quantitative estimate of drug-likeness (QED) is 0.838. The van der Waals surface area contributed by atoms with Crippen molar-refractivity contribution in [2.45, 2.75) is 25.2 Å². The van der Waals surface area contributed by atoms with Gasteiger partial charge in [-0.2, -0.15) is 0 Å². The monoisotopic (exact) mass is 395 g/mol. The van der Waals surface area contributed by atoms with Gasteiger partial charge in [0.25, 0.3) is 0 Å². The molecule has 0 saturated carbocycles. The number of ether oxygens (including phenoxy) is 3. The Morgan fingerprint density at radius 3 is 2.66 bits per heavy atom. The highest BCUT2D eigenvalue weighted by Gasteiger charge is 2.57. The standard InChI is InChI=1S/C22H21NO6/c1-2-13(20(24)25)7-8-23-16-6-4-3-5-14(16)22(21(23)26)11-27-17-10-19-18(9-15(17)22)28-12-29-19/h3-6,9-10,13H,2,7-8,11-12H2,1H3,(H,24,25). The predicted molar refractivity (Wildman–Crippen MR) is 104 cm³/mol. The molecule has 0 aliphatic carbocycles. The maximum absolute atomic E-state index is 13.7. The van der Waals surface area contributed by atoms with Gasteiger partial charge in [-0.05, 0) is 30.5 Å². The Kier molecular flexibility index (Phi) is 3.94. The fourth-order valence-electron chi connectivity index (χ4n) is 4.57. The van der Waals surface area contributed by atoms with Crippen molar-refractivity contribution in [3.8, 4) is 17.2 Å². The van der Waals surface area contributed by atoms with E-state index < -0.39 is 17.3 Å². The molecule has 0 fully saturated rings. The second-order valence-corrected chi connectivity index (χ2v) is 7.60. The van der Waals surface area contributed by atoms with E-state index in [9.17, 15) is 14.7 Å². The van der Waals surface area contributed by atoms with Crippen LogP contribution in [0.5, 0.6) is 17.2 Å². The zero-order valence-corrected chi connectivity index (χ0v) is 16.0. The zero-order chi connectivity index (χ0) is 20.2. The molecule has 3 heterocycles. The molecule has 3 aliphatic rings. The molecular formula is C22H21NO6. The molecule has 2 aromatic carbocycles. The van der Waals surface area contributed by atoms with E-state index in [1.807, 2.05) is 37.3 Å². The molecule has 0 saturated heterocycles. The van der Waals surface area contributed by atoms with Crippen molar-refractivity contribution in [2.75, 3.05) is 24.8 Å². The number of fused-ring (bicyclic) bond motifs is 5. The van der Waals surface area contributed by atoms with E-state index in [2.05, 4.69) is 0 Å². The molecule has 1 N–H and O–H groups in total. The summed E-state index contributed by atoms with van der Waals surface area (Å²) in [5.74, 6) is 0.447. The molecular weight excluding hydrogens is 374 g/mol. The molecule has 0 bridgehead atoms. The fraction of sp³-hybridized carbons (Fsp3) is 0.364. The first-order valence-electron chi connectivity index (χ1n) is 9.77. The number of carboxylic acid groups (broad SMARTS) is 1. The lowest BCUT2D eigenvalue weighted by atomic mass is 9.77. The number of hydrogen-bond donors (Lipinski definition) is 1. The first-order valence-corrected chi connectivity index (χ1v) is 9.77. The highest BCUT2D eigenvalue weighted by Crippen LogP contribution is 2.55. The lowest BCUT2D eigenvalue weighted by molar-refractivity contribution is -0.142. The van der Waals surface area contributed by atoms with Crippen molar-refractivity contribution < 1.29 is 28.9 Å². The summed E-state index contributed by atoms with van der Waals surface area (Å²) in [5.41, 5.74) is 1.52. The number of carbonyl (C=O) groups is 2. The van der Waals surface area contributed by atoms with Crippen LogP contribution in [-0.2, 0) is 15.0 Å². The number of amides is 1. The molecule has 29 heavy (non-hydrogen) atoms. The van der Waals surface area contributed by atoms with Gasteiger partial charge in [0.2, 0.25) is 12.7 Å². The molecule has 1 spiro atoms. The van der Waals surface area contributed by atoms with Crippen LogP contribution in [0, 0.1) is 5.92 Å². The smallest absolute Gasteiger partial charge is 0.306 e. The van der Waals surface area contributed by atoms with E-state index in [0.29, 0.717) is 36.6 Å². The summed E-state index contributed by atoms with van der Waals surface area (Å²) in [5, 5.41) is 9.38. The number of benzene rings is 2. The highest BCUT2D eigenvalue weighted by atomic mass is 16.7. The molecule has 150 valence electrons. The van der Waals surface area contributed by atoms with Crippen LogP contribution >= 0.6 is 0 Å². The molecule has 2 atom stereocenters. The maximum atomic E-state index is 13.7. The van der Waals surface area contributed by atoms with Gasteiger partial charge in [0, 0.05) is 23.9 Å². The van der Waals surface area contributed by atoms with Crippen LogP contribution in [-0.4, -0.2) is 36.9 Å². The number of nitrogens with zero attached hydrogens (tertiary/aromatic N) is 1. The third-order valence-electron chi connectivity index (χ3n) is 6.19. The first kappa shape index (κ1) is 17.8. The summed E-state index contributed by atoms with van der Waals surface area (Å²) in [7, 11) is 0. The number of carbonyl (C=O) groups excluding carboxylic acids is 1. The number of hydrogen-bond acceptors (Lipinski definition) is 5. The molecule has 5 rings (SSSR count). The molecule has 1 amide bonds. The third kappa shape index (κ3) is 2.43. The van der Waals surface area contributed by atoms with Crippen LogP contribution in [0.25, 0.3) is 0 Å². The average molecular weight is 395 g/mol. The average Bonchev–Trinajstić information content (AvgIpc) is 3.39. The number of aliphatic carboxylic acids is 1.